The average molecular weight is 317 g/mol. The fraction of sp³-hybridized carbons (Fsp3) is 0.667. The van der Waals surface area contributed by atoms with Crippen LogP contribution in [0.25, 0.3) is 0 Å². The summed E-state index contributed by atoms with van der Waals surface area (Å²) in [5.74, 6) is 1.18. The third-order valence-corrected chi connectivity index (χ3v) is 5.89. The van der Waals surface area contributed by atoms with Gasteiger partial charge in [-0.1, -0.05) is 6.07 Å². The number of benzene rings is 1. The van der Waals surface area contributed by atoms with Gasteiger partial charge in [0, 0.05) is 11.5 Å². The van der Waals surface area contributed by atoms with Crippen molar-refractivity contribution in [1.82, 2.24) is 5.32 Å². The normalized spacial score (nSPS) is 40.0. The zero-order valence-corrected chi connectivity index (χ0v) is 13.6. The first-order chi connectivity index (χ1) is 11.1. The molecule has 5 heteroatoms. The average Bonchev–Trinajstić information content (AvgIpc) is 3.20. The standard InChI is InChI=1S/C18H23NO4/c1-17(2)22-13-5-6-15-18(7-8-19-15,16(13)23-17)11-3-4-12-14(9-11)21-10-20-12/h3-4,9,13,15-16,19H,5-8,10H2,1-2H3/t13-,15-,16-,18+/m1/s1. The second-order valence-electron chi connectivity index (χ2n) is 7.54. The van der Waals surface area contributed by atoms with Crippen molar-refractivity contribution in [1.29, 1.82) is 0 Å². The fourth-order valence-corrected chi connectivity index (χ4v) is 5.02. The Morgan fingerprint density at radius 3 is 2.87 bits per heavy atom. The van der Waals surface area contributed by atoms with E-state index in [-0.39, 0.29) is 17.6 Å². The van der Waals surface area contributed by atoms with Crippen LogP contribution < -0.4 is 14.8 Å². The first kappa shape index (κ1) is 14.1. The van der Waals surface area contributed by atoms with E-state index in [1.165, 1.54) is 5.56 Å². The van der Waals surface area contributed by atoms with E-state index in [0.717, 1.165) is 37.3 Å². The number of fused-ring (bicyclic) bond motifs is 4. The predicted molar refractivity (Wildman–Crippen MR) is 83.7 cm³/mol. The molecule has 1 saturated carbocycles. The summed E-state index contributed by atoms with van der Waals surface area (Å²) in [6, 6.07) is 6.80. The summed E-state index contributed by atoms with van der Waals surface area (Å²) in [5.41, 5.74) is 1.24. The molecule has 1 aromatic rings. The molecule has 5 rings (SSSR count). The fourth-order valence-electron chi connectivity index (χ4n) is 5.02. The number of rotatable bonds is 1. The van der Waals surface area contributed by atoms with Gasteiger partial charge in [0.1, 0.15) is 0 Å². The lowest BCUT2D eigenvalue weighted by Crippen LogP contribution is -2.56. The molecular formula is C18H23NO4. The van der Waals surface area contributed by atoms with Gasteiger partial charge in [0.15, 0.2) is 17.3 Å². The molecule has 0 amide bonds. The van der Waals surface area contributed by atoms with Crippen molar-refractivity contribution in [2.24, 2.45) is 0 Å². The molecule has 5 nitrogen and oxygen atoms in total. The van der Waals surface area contributed by atoms with Crippen LogP contribution in [0, 0.1) is 0 Å². The quantitative estimate of drug-likeness (QED) is 0.861. The van der Waals surface area contributed by atoms with Gasteiger partial charge in [-0.3, -0.25) is 0 Å². The van der Waals surface area contributed by atoms with Gasteiger partial charge in [-0.15, -0.1) is 0 Å². The molecule has 23 heavy (non-hydrogen) atoms. The third-order valence-electron chi connectivity index (χ3n) is 5.89. The first-order valence-electron chi connectivity index (χ1n) is 8.58. The van der Waals surface area contributed by atoms with Crippen LogP contribution in [0.5, 0.6) is 11.5 Å². The Kier molecular flexibility index (Phi) is 2.83. The molecular weight excluding hydrogens is 294 g/mol. The molecule has 1 N–H and O–H groups in total. The van der Waals surface area contributed by atoms with Crippen LogP contribution in [0.3, 0.4) is 0 Å². The number of hydrogen-bond donors (Lipinski definition) is 1. The van der Waals surface area contributed by atoms with Gasteiger partial charge in [-0.25, -0.2) is 0 Å². The van der Waals surface area contributed by atoms with E-state index < -0.39 is 5.79 Å². The highest BCUT2D eigenvalue weighted by atomic mass is 16.8. The predicted octanol–water partition coefficient (Wildman–Crippen LogP) is 2.33. The highest BCUT2D eigenvalue weighted by Gasteiger charge is 2.61. The minimum absolute atomic E-state index is 0.0440. The summed E-state index contributed by atoms with van der Waals surface area (Å²) in [5, 5.41) is 3.70. The summed E-state index contributed by atoms with van der Waals surface area (Å²) in [4.78, 5) is 0. The van der Waals surface area contributed by atoms with Gasteiger partial charge < -0.3 is 24.3 Å². The summed E-state index contributed by atoms with van der Waals surface area (Å²) in [7, 11) is 0. The van der Waals surface area contributed by atoms with E-state index in [2.05, 4.69) is 17.4 Å². The smallest absolute Gasteiger partial charge is 0.231 e. The minimum atomic E-state index is -0.504. The largest absolute Gasteiger partial charge is 0.454 e. The zero-order valence-electron chi connectivity index (χ0n) is 13.6. The number of hydrogen-bond acceptors (Lipinski definition) is 5. The Morgan fingerprint density at radius 2 is 1.96 bits per heavy atom. The molecule has 4 aliphatic rings. The van der Waals surface area contributed by atoms with E-state index in [4.69, 9.17) is 18.9 Å². The van der Waals surface area contributed by atoms with Gasteiger partial charge >= 0.3 is 0 Å². The lowest BCUT2D eigenvalue weighted by molar-refractivity contribution is -0.150. The molecule has 4 atom stereocenters. The Morgan fingerprint density at radius 1 is 1.09 bits per heavy atom. The maximum atomic E-state index is 6.41. The first-order valence-corrected chi connectivity index (χ1v) is 8.58. The highest BCUT2D eigenvalue weighted by Crippen LogP contribution is 2.53. The van der Waals surface area contributed by atoms with E-state index in [1.807, 2.05) is 19.9 Å². The summed E-state index contributed by atoms with van der Waals surface area (Å²) < 4.78 is 23.7. The van der Waals surface area contributed by atoms with E-state index in [9.17, 15) is 0 Å². The Hall–Kier alpha value is -1.30. The van der Waals surface area contributed by atoms with Crippen molar-refractivity contribution in [3.63, 3.8) is 0 Å². The topological polar surface area (TPSA) is 49.0 Å². The van der Waals surface area contributed by atoms with Crippen LogP contribution >= 0.6 is 0 Å². The number of nitrogens with one attached hydrogen (secondary N) is 1. The molecule has 0 spiro atoms. The van der Waals surface area contributed by atoms with Gasteiger partial charge in [-0.2, -0.15) is 0 Å². The van der Waals surface area contributed by atoms with Crippen LogP contribution in [0.2, 0.25) is 0 Å². The molecule has 1 aromatic carbocycles. The molecule has 124 valence electrons. The third kappa shape index (κ3) is 1.90. The van der Waals surface area contributed by atoms with E-state index in [1.54, 1.807) is 0 Å². The van der Waals surface area contributed by atoms with Crippen LogP contribution in [0.4, 0.5) is 0 Å². The van der Waals surface area contributed by atoms with E-state index in [0.29, 0.717) is 12.8 Å². The zero-order chi connectivity index (χ0) is 15.7. The van der Waals surface area contributed by atoms with Crippen molar-refractivity contribution in [2.75, 3.05) is 13.3 Å². The molecule has 3 fully saturated rings. The molecule has 2 saturated heterocycles. The Labute approximate surface area is 136 Å². The van der Waals surface area contributed by atoms with Crippen LogP contribution in [-0.4, -0.2) is 37.4 Å². The second kappa shape index (κ2) is 4.62. The molecule has 0 unspecified atom stereocenters. The molecule has 0 bridgehead atoms. The van der Waals surface area contributed by atoms with Crippen molar-refractivity contribution in [3.8, 4) is 11.5 Å². The lowest BCUT2D eigenvalue weighted by atomic mass is 9.63. The second-order valence-corrected chi connectivity index (χ2v) is 7.54. The Balaban J connectivity index is 1.62. The summed E-state index contributed by atoms with van der Waals surface area (Å²) in [6.45, 7) is 5.38. The van der Waals surface area contributed by atoms with Gasteiger partial charge in [0.25, 0.3) is 0 Å². The van der Waals surface area contributed by atoms with Crippen LogP contribution in [0.1, 0.15) is 38.7 Å². The monoisotopic (exact) mass is 317 g/mol. The summed E-state index contributed by atoms with van der Waals surface area (Å²) in [6.07, 6.45) is 3.50. The number of ether oxygens (including phenoxy) is 4. The lowest BCUT2D eigenvalue weighted by Gasteiger charge is -2.45. The van der Waals surface area contributed by atoms with Crippen LogP contribution in [0.15, 0.2) is 18.2 Å². The minimum Gasteiger partial charge on any atom is -0.454 e. The molecule has 1 aliphatic carbocycles. The van der Waals surface area contributed by atoms with E-state index >= 15 is 0 Å². The van der Waals surface area contributed by atoms with Gasteiger partial charge in [0.2, 0.25) is 6.79 Å². The van der Waals surface area contributed by atoms with Gasteiger partial charge in [-0.05, 0) is 57.4 Å². The van der Waals surface area contributed by atoms with Crippen molar-refractivity contribution in [3.05, 3.63) is 23.8 Å². The van der Waals surface area contributed by atoms with Crippen LogP contribution in [-0.2, 0) is 14.9 Å². The molecule has 3 aliphatic heterocycles. The summed E-state index contributed by atoms with van der Waals surface area (Å²) >= 11 is 0. The molecule has 3 heterocycles. The maximum Gasteiger partial charge on any atom is 0.231 e. The van der Waals surface area contributed by atoms with Crippen molar-refractivity contribution >= 4 is 0 Å². The molecule has 0 aromatic heterocycles. The highest BCUT2D eigenvalue weighted by molar-refractivity contribution is 5.48. The van der Waals surface area contributed by atoms with Crippen molar-refractivity contribution < 1.29 is 18.9 Å². The Bertz CT molecular complexity index is 646. The van der Waals surface area contributed by atoms with Gasteiger partial charge in [0.05, 0.1) is 12.2 Å². The van der Waals surface area contributed by atoms with Crippen molar-refractivity contribution in [2.45, 2.75) is 62.6 Å². The SMILES string of the molecule is CC1(C)O[C@@H]2[C@@H](CC[C@H]3NCC[C@@]23c2ccc3c(c2)OCO3)O1. The maximum absolute atomic E-state index is 6.41. The molecule has 0 radical (unpaired) electrons.